The average Bonchev–Trinajstić information content (AvgIpc) is 3.31. The van der Waals surface area contributed by atoms with Crippen LogP contribution in [0.1, 0.15) is 36.7 Å². The molecule has 0 saturated heterocycles. The highest BCUT2D eigenvalue weighted by molar-refractivity contribution is 5.68. The first-order chi connectivity index (χ1) is 16.1. The molecule has 0 fully saturated rings. The van der Waals surface area contributed by atoms with E-state index in [4.69, 9.17) is 4.98 Å². The topological polar surface area (TPSA) is 125 Å². The molecule has 4 rings (SSSR count). The van der Waals surface area contributed by atoms with Crippen molar-refractivity contribution in [1.29, 1.82) is 5.26 Å². The highest BCUT2D eigenvalue weighted by atomic mass is 16.3. The van der Waals surface area contributed by atoms with Crippen LogP contribution in [0.25, 0.3) is 22.6 Å². The summed E-state index contributed by atoms with van der Waals surface area (Å²) in [5.41, 5.74) is 5.07. The Morgan fingerprint density at radius 2 is 1.85 bits per heavy atom. The Kier molecular flexibility index (Phi) is 6.66. The lowest BCUT2D eigenvalue weighted by Gasteiger charge is -2.08. The molecular weight excluding hydrogens is 416 g/mol. The van der Waals surface area contributed by atoms with Gasteiger partial charge in [-0.2, -0.15) is 5.26 Å². The zero-order chi connectivity index (χ0) is 23.2. The van der Waals surface area contributed by atoms with E-state index in [0.717, 1.165) is 17.0 Å². The zero-order valence-electron chi connectivity index (χ0n) is 18.5. The Labute approximate surface area is 191 Å². The third kappa shape index (κ3) is 5.37. The number of rotatable bonds is 8. The van der Waals surface area contributed by atoms with Crippen LogP contribution in [0, 0.1) is 11.3 Å². The van der Waals surface area contributed by atoms with Crippen LogP contribution in [0.3, 0.4) is 0 Å². The normalized spacial score (nSPS) is 10.9. The molecule has 4 aromatic rings. The van der Waals surface area contributed by atoms with Gasteiger partial charge < -0.3 is 10.4 Å². The van der Waals surface area contributed by atoms with Crippen molar-refractivity contribution in [2.24, 2.45) is 0 Å². The molecule has 9 nitrogen and oxygen atoms in total. The Bertz CT molecular complexity index is 1290. The van der Waals surface area contributed by atoms with Crippen LogP contribution in [0.15, 0.2) is 54.7 Å². The SMILES string of the molecule is CC(C)c1cccc(Cn2cc(-c3cc(-c4cccc(C#N)c4)nc(NCCO)n3)nn2)n1. The maximum Gasteiger partial charge on any atom is 0.223 e. The molecule has 3 aromatic heterocycles. The first-order valence-corrected chi connectivity index (χ1v) is 10.7. The predicted octanol–water partition coefficient (Wildman–Crippen LogP) is 3.24. The van der Waals surface area contributed by atoms with Crippen LogP contribution >= 0.6 is 0 Å². The van der Waals surface area contributed by atoms with E-state index in [9.17, 15) is 10.4 Å². The molecule has 3 heterocycles. The van der Waals surface area contributed by atoms with Crippen molar-refractivity contribution in [3.8, 4) is 28.7 Å². The minimum atomic E-state index is -0.0501. The van der Waals surface area contributed by atoms with Crippen molar-refractivity contribution in [2.75, 3.05) is 18.5 Å². The molecule has 0 aliphatic carbocycles. The quantitative estimate of drug-likeness (QED) is 0.428. The fourth-order valence-electron chi connectivity index (χ4n) is 3.29. The Morgan fingerprint density at radius 1 is 1.03 bits per heavy atom. The summed E-state index contributed by atoms with van der Waals surface area (Å²) in [5.74, 6) is 0.708. The van der Waals surface area contributed by atoms with Crippen LogP contribution in [0.2, 0.25) is 0 Å². The number of benzene rings is 1. The van der Waals surface area contributed by atoms with Gasteiger partial charge in [0, 0.05) is 17.8 Å². The number of nitriles is 1. The van der Waals surface area contributed by atoms with Gasteiger partial charge in [-0.25, -0.2) is 14.6 Å². The van der Waals surface area contributed by atoms with Crippen molar-refractivity contribution >= 4 is 5.95 Å². The second-order valence-electron chi connectivity index (χ2n) is 7.81. The summed E-state index contributed by atoms with van der Waals surface area (Å²) < 4.78 is 1.72. The number of aromatic nitrogens is 6. The van der Waals surface area contributed by atoms with Gasteiger partial charge in [-0.05, 0) is 36.2 Å². The van der Waals surface area contributed by atoms with Crippen LogP contribution < -0.4 is 5.32 Å². The Morgan fingerprint density at radius 3 is 2.64 bits per heavy atom. The number of nitrogens with one attached hydrogen (secondary N) is 1. The molecule has 1 aromatic carbocycles. The first kappa shape index (κ1) is 22.0. The monoisotopic (exact) mass is 440 g/mol. The summed E-state index contributed by atoms with van der Waals surface area (Å²) in [6.45, 7) is 4.98. The van der Waals surface area contributed by atoms with Gasteiger partial charge >= 0.3 is 0 Å². The number of hydrogen-bond acceptors (Lipinski definition) is 8. The number of anilines is 1. The summed E-state index contributed by atoms with van der Waals surface area (Å²) in [6, 6.07) is 17.1. The van der Waals surface area contributed by atoms with Crippen molar-refractivity contribution in [2.45, 2.75) is 26.3 Å². The molecular formula is C24H24N8O. The molecule has 2 N–H and O–H groups in total. The lowest BCUT2D eigenvalue weighted by Crippen LogP contribution is -2.09. The smallest absolute Gasteiger partial charge is 0.223 e. The van der Waals surface area contributed by atoms with Crippen LogP contribution in [-0.4, -0.2) is 48.2 Å². The molecule has 9 heteroatoms. The van der Waals surface area contributed by atoms with Crippen LogP contribution in [-0.2, 0) is 6.54 Å². The van der Waals surface area contributed by atoms with E-state index in [1.54, 1.807) is 16.8 Å². The highest BCUT2D eigenvalue weighted by Gasteiger charge is 2.13. The minimum absolute atomic E-state index is 0.0501. The summed E-state index contributed by atoms with van der Waals surface area (Å²) in [6.07, 6.45) is 1.82. The molecule has 0 spiro atoms. The molecule has 0 aliphatic rings. The number of nitrogens with zero attached hydrogens (tertiary/aromatic N) is 7. The van der Waals surface area contributed by atoms with E-state index in [0.29, 0.717) is 47.6 Å². The van der Waals surface area contributed by atoms with Gasteiger partial charge in [-0.3, -0.25) is 4.98 Å². The van der Waals surface area contributed by atoms with Gasteiger partial charge in [0.25, 0.3) is 0 Å². The van der Waals surface area contributed by atoms with Crippen molar-refractivity contribution in [3.63, 3.8) is 0 Å². The van der Waals surface area contributed by atoms with Crippen molar-refractivity contribution < 1.29 is 5.11 Å². The standard InChI is InChI=1S/C24H24N8O/c1-16(2)20-8-4-7-19(27-20)14-32-15-23(30-31-32)22-12-21(28-24(29-22)26-9-10-33)18-6-3-5-17(11-18)13-25/h3-8,11-12,15-16,33H,9-10,14H2,1-2H3,(H,26,28,29). The number of aliphatic hydroxyl groups is 1. The van der Waals surface area contributed by atoms with E-state index < -0.39 is 0 Å². The first-order valence-electron chi connectivity index (χ1n) is 10.7. The number of aliphatic hydroxyl groups excluding tert-OH is 1. The summed E-state index contributed by atoms with van der Waals surface area (Å²) >= 11 is 0. The molecule has 0 saturated carbocycles. The third-order valence-corrected chi connectivity index (χ3v) is 4.95. The Hall–Kier alpha value is -4.16. The predicted molar refractivity (Wildman–Crippen MR) is 124 cm³/mol. The molecule has 0 radical (unpaired) electrons. The molecule has 0 unspecified atom stereocenters. The van der Waals surface area contributed by atoms with Crippen molar-refractivity contribution in [3.05, 3.63) is 71.7 Å². The second-order valence-corrected chi connectivity index (χ2v) is 7.81. The van der Waals surface area contributed by atoms with E-state index in [1.807, 2.05) is 42.6 Å². The zero-order valence-corrected chi connectivity index (χ0v) is 18.5. The van der Waals surface area contributed by atoms with E-state index in [2.05, 4.69) is 45.5 Å². The molecule has 0 atom stereocenters. The van der Waals surface area contributed by atoms with Crippen molar-refractivity contribution in [1.82, 2.24) is 29.9 Å². The second kappa shape index (κ2) is 9.97. The maximum absolute atomic E-state index is 9.23. The summed E-state index contributed by atoms with van der Waals surface area (Å²) in [7, 11) is 0. The fourth-order valence-corrected chi connectivity index (χ4v) is 3.29. The van der Waals surface area contributed by atoms with Gasteiger partial charge in [0.05, 0.1) is 48.1 Å². The molecule has 33 heavy (non-hydrogen) atoms. The summed E-state index contributed by atoms with van der Waals surface area (Å²) in [4.78, 5) is 13.8. The number of pyridine rings is 1. The fraction of sp³-hybridized carbons (Fsp3) is 0.250. The third-order valence-electron chi connectivity index (χ3n) is 4.95. The van der Waals surface area contributed by atoms with Gasteiger partial charge in [0.15, 0.2) is 0 Å². The van der Waals surface area contributed by atoms with Crippen LogP contribution in [0.4, 0.5) is 5.95 Å². The van der Waals surface area contributed by atoms with Gasteiger partial charge in [-0.1, -0.05) is 37.3 Å². The number of hydrogen-bond donors (Lipinski definition) is 2. The maximum atomic E-state index is 9.23. The lowest BCUT2D eigenvalue weighted by atomic mass is 10.1. The van der Waals surface area contributed by atoms with E-state index >= 15 is 0 Å². The van der Waals surface area contributed by atoms with E-state index in [-0.39, 0.29) is 6.61 Å². The molecule has 166 valence electrons. The molecule has 0 amide bonds. The van der Waals surface area contributed by atoms with E-state index in [1.165, 1.54) is 0 Å². The molecule has 0 bridgehead atoms. The van der Waals surface area contributed by atoms with Gasteiger partial charge in [-0.15, -0.1) is 5.10 Å². The van der Waals surface area contributed by atoms with Gasteiger partial charge in [0.2, 0.25) is 5.95 Å². The largest absolute Gasteiger partial charge is 0.395 e. The highest BCUT2D eigenvalue weighted by Crippen LogP contribution is 2.25. The Balaban J connectivity index is 1.66. The van der Waals surface area contributed by atoms with Crippen LogP contribution in [0.5, 0.6) is 0 Å². The lowest BCUT2D eigenvalue weighted by molar-refractivity contribution is 0.311. The average molecular weight is 441 g/mol. The minimum Gasteiger partial charge on any atom is -0.395 e. The summed E-state index contributed by atoms with van der Waals surface area (Å²) in [5, 5.41) is 30.0. The molecule has 0 aliphatic heterocycles. The van der Waals surface area contributed by atoms with Gasteiger partial charge in [0.1, 0.15) is 5.69 Å².